The summed E-state index contributed by atoms with van der Waals surface area (Å²) >= 11 is 3.66. The van der Waals surface area contributed by atoms with Gasteiger partial charge in [0.25, 0.3) is 0 Å². The van der Waals surface area contributed by atoms with E-state index < -0.39 is 0 Å². The van der Waals surface area contributed by atoms with Crippen LogP contribution in [0.25, 0.3) is 0 Å². The van der Waals surface area contributed by atoms with Gasteiger partial charge in [-0.15, -0.1) is 0 Å². The molecule has 0 spiro atoms. The van der Waals surface area contributed by atoms with E-state index in [9.17, 15) is 0 Å². The van der Waals surface area contributed by atoms with Gasteiger partial charge in [0.05, 0.1) is 0 Å². The SMILES string of the molecule is CCC1(C)CNC(C)CN1Cc1ccccc1Br. The summed E-state index contributed by atoms with van der Waals surface area (Å²) in [5.74, 6) is 0. The maximum absolute atomic E-state index is 3.66. The maximum Gasteiger partial charge on any atom is 0.0307 e. The van der Waals surface area contributed by atoms with E-state index in [1.807, 2.05) is 0 Å². The molecule has 100 valence electrons. The van der Waals surface area contributed by atoms with Crippen LogP contribution >= 0.6 is 15.9 Å². The van der Waals surface area contributed by atoms with E-state index in [1.165, 1.54) is 16.5 Å². The molecule has 1 aliphatic rings. The Morgan fingerprint density at radius 1 is 1.44 bits per heavy atom. The molecule has 0 amide bonds. The highest BCUT2D eigenvalue weighted by molar-refractivity contribution is 9.10. The molecule has 1 aromatic rings. The summed E-state index contributed by atoms with van der Waals surface area (Å²) in [6.45, 7) is 10.1. The second kappa shape index (κ2) is 5.72. The largest absolute Gasteiger partial charge is 0.311 e. The monoisotopic (exact) mass is 310 g/mol. The highest BCUT2D eigenvalue weighted by Crippen LogP contribution is 2.27. The van der Waals surface area contributed by atoms with E-state index in [0.29, 0.717) is 6.04 Å². The van der Waals surface area contributed by atoms with Crippen LogP contribution in [0.5, 0.6) is 0 Å². The first-order chi connectivity index (χ1) is 8.55. The summed E-state index contributed by atoms with van der Waals surface area (Å²) in [5.41, 5.74) is 1.65. The third kappa shape index (κ3) is 2.95. The molecule has 0 aromatic heterocycles. The van der Waals surface area contributed by atoms with Crippen molar-refractivity contribution in [2.75, 3.05) is 13.1 Å². The molecule has 3 heteroatoms. The Labute approximate surface area is 119 Å². The Morgan fingerprint density at radius 2 is 2.17 bits per heavy atom. The number of halogens is 1. The van der Waals surface area contributed by atoms with Crippen molar-refractivity contribution in [2.45, 2.75) is 45.3 Å². The van der Waals surface area contributed by atoms with Crippen LogP contribution in [-0.4, -0.2) is 29.6 Å². The Balaban J connectivity index is 2.17. The molecule has 1 aromatic carbocycles. The fourth-order valence-electron chi connectivity index (χ4n) is 2.56. The van der Waals surface area contributed by atoms with Crippen molar-refractivity contribution in [1.29, 1.82) is 0 Å². The van der Waals surface area contributed by atoms with Gasteiger partial charge < -0.3 is 5.32 Å². The normalized spacial score (nSPS) is 29.4. The van der Waals surface area contributed by atoms with Crippen molar-refractivity contribution in [3.05, 3.63) is 34.3 Å². The molecular formula is C15H23BrN2. The summed E-state index contributed by atoms with van der Waals surface area (Å²) in [6, 6.07) is 9.12. The second-order valence-electron chi connectivity index (χ2n) is 5.60. The Hall–Kier alpha value is -0.380. The van der Waals surface area contributed by atoms with E-state index in [-0.39, 0.29) is 5.54 Å². The average molecular weight is 311 g/mol. The summed E-state index contributed by atoms with van der Waals surface area (Å²) in [5, 5.41) is 3.60. The number of piperazine rings is 1. The predicted octanol–water partition coefficient (Wildman–Crippen LogP) is 3.41. The van der Waals surface area contributed by atoms with Gasteiger partial charge in [0.2, 0.25) is 0 Å². The van der Waals surface area contributed by atoms with Crippen LogP contribution in [0.15, 0.2) is 28.7 Å². The first-order valence-electron chi connectivity index (χ1n) is 6.77. The first-order valence-corrected chi connectivity index (χ1v) is 7.56. The van der Waals surface area contributed by atoms with E-state index >= 15 is 0 Å². The Kier molecular flexibility index (Phi) is 4.46. The van der Waals surface area contributed by atoms with Gasteiger partial charge in [0.15, 0.2) is 0 Å². The zero-order valence-electron chi connectivity index (χ0n) is 11.5. The zero-order chi connectivity index (χ0) is 13.2. The molecule has 0 saturated carbocycles. The van der Waals surface area contributed by atoms with Crippen molar-refractivity contribution >= 4 is 15.9 Å². The standard InChI is InChI=1S/C15H23BrN2/c1-4-15(3)11-17-12(2)9-18(15)10-13-7-5-6-8-14(13)16/h5-8,12,17H,4,9-11H2,1-3H3. The summed E-state index contributed by atoms with van der Waals surface area (Å²) in [4.78, 5) is 2.62. The van der Waals surface area contributed by atoms with Gasteiger partial charge in [-0.1, -0.05) is 41.1 Å². The first kappa shape index (κ1) is 14.0. The van der Waals surface area contributed by atoms with E-state index in [4.69, 9.17) is 0 Å². The molecule has 2 atom stereocenters. The van der Waals surface area contributed by atoms with Crippen molar-refractivity contribution in [2.24, 2.45) is 0 Å². The summed E-state index contributed by atoms with van der Waals surface area (Å²) < 4.78 is 1.22. The molecule has 1 aliphatic heterocycles. The van der Waals surface area contributed by atoms with Crippen LogP contribution in [0, 0.1) is 0 Å². The molecule has 0 bridgehead atoms. The van der Waals surface area contributed by atoms with Gasteiger partial charge >= 0.3 is 0 Å². The number of rotatable bonds is 3. The lowest BCUT2D eigenvalue weighted by Gasteiger charge is -2.47. The fraction of sp³-hybridized carbons (Fsp3) is 0.600. The van der Waals surface area contributed by atoms with Gasteiger partial charge in [-0.2, -0.15) is 0 Å². The number of nitrogens with one attached hydrogen (secondary N) is 1. The van der Waals surface area contributed by atoms with Gasteiger partial charge in [-0.3, -0.25) is 4.90 Å². The Morgan fingerprint density at radius 3 is 2.83 bits per heavy atom. The molecule has 2 rings (SSSR count). The van der Waals surface area contributed by atoms with Gasteiger partial charge in [0.1, 0.15) is 0 Å². The highest BCUT2D eigenvalue weighted by Gasteiger charge is 2.34. The van der Waals surface area contributed by atoms with Crippen molar-refractivity contribution in [3.63, 3.8) is 0 Å². The number of hydrogen-bond acceptors (Lipinski definition) is 2. The van der Waals surface area contributed by atoms with E-state index in [0.717, 1.165) is 19.6 Å². The molecule has 1 heterocycles. The van der Waals surface area contributed by atoms with Gasteiger partial charge in [0, 0.05) is 35.7 Å². The maximum atomic E-state index is 3.66. The molecule has 18 heavy (non-hydrogen) atoms. The van der Waals surface area contributed by atoms with Crippen molar-refractivity contribution < 1.29 is 0 Å². The van der Waals surface area contributed by atoms with Gasteiger partial charge in [-0.05, 0) is 31.9 Å². The zero-order valence-corrected chi connectivity index (χ0v) is 13.1. The third-order valence-corrected chi connectivity index (χ3v) is 4.94. The quantitative estimate of drug-likeness (QED) is 0.920. The molecule has 1 N–H and O–H groups in total. The van der Waals surface area contributed by atoms with Crippen LogP contribution in [0.4, 0.5) is 0 Å². The molecular weight excluding hydrogens is 288 g/mol. The van der Waals surface area contributed by atoms with Crippen LogP contribution in [0.3, 0.4) is 0 Å². The lowest BCUT2D eigenvalue weighted by atomic mass is 9.92. The van der Waals surface area contributed by atoms with Crippen molar-refractivity contribution in [1.82, 2.24) is 10.2 Å². The van der Waals surface area contributed by atoms with Crippen LogP contribution in [-0.2, 0) is 6.54 Å². The smallest absolute Gasteiger partial charge is 0.0307 e. The number of nitrogens with zero attached hydrogens (tertiary/aromatic N) is 1. The summed E-state index contributed by atoms with van der Waals surface area (Å²) in [6.07, 6.45) is 1.18. The van der Waals surface area contributed by atoms with Crippen LogP contribution in [0.2, 0.25) is 0 Å². The predicted molar refractivity (Wildman–Crippen MR) is 80.7 cm³/mol. The van der Waals surface area contributed by atoms with E-state index in [1.54, 1.807) is 0 Å². The number of hydrogen-bond donors (Lipinski definition) is 1. The average Bonchev–Trinajstić information content (AvgIpc) is 2.37. The van der Waals surface area contributed by atoms with E-state index in [2.05, 4.69) is 71.2 Å². The highest BCUT2D eigenvalue weighted by atomic mass is 79.9. The molecule has 0 aliphatic carbocycles. The summed E-state index contributed by atoms with van der Waals surface area (Å²) in [7, 11) is 0. The molecule has 0 radical (unpaired) electrons. The minimum Gasteiger partial charge on any atom is -0.311 e. The minimum atomic E-state index is 0.266. The molecule has 1 saturated heterocycles. The lowest BCUT2D eigenvalue weighted by molar-refractivity contribution is 0.0451. The third-order valence-electron chi connectivity index (χ3n) is 4.17. The fourth-order valence-corrected chi connectivity index (χ4v) is 2.97. The second-order valence-corrected chi connectivity index (χ2v) is 6.46. The van der Waals surface area contributed by atoms with Crippen LogP contribution in [0.1, 0.15) is 32.8 Å². The lowest BCUT2D eigenvalue weighted by Crippen LogP contribution is -2.61. The Bertz CT molecular complexity index is 407. The minimum absolute atomic E-state index is 0.266. The molecule has 2 nitrogen and oxygen atoms in total. The van der Waals surface area contributed by atoms with Gasteiger partial charge in [-0.25, -0.2) is 0 Å². The number of benzene rings is 1. The van der Waals surface area contributed by atoms with Crippen LogP contribution < -0.4 is 5.32 Å². The molecule has 2 unspecified atom stereocenters. The molecule has 1 fully saturated rings. The topological polar surface area (TPSA) is 15.3 Å². The van der Waals surface area contributed by atoms with Crippen molar-refractivity contribution in [3.8, 4) is 0 Å².